The van der Waals surface area contributed by atoms with E-state index in [9.17, 15) is 0 Å². The predicted octanol–water partition coefficient (Wildman–Crippen LogP) is 4.55. The van der Waals surface area contributed by atoms with Crippen LogP contribution in [0.2, 0.25) is 0 Å². The second-order valence-electron chi connectivity index (χ2n) is 5.78. The number of rotatable bonds is 3. The van der Waals surface area contributed by atoms with Gasteiger partial charge in [0, 0.05) is 22.9 Å². The summed E-state index contributed by atoms with van der Waals surface area (Å²) in [6.45, 7) is 1.11. The third kappa shape index (κ3) is 2.94. The van der Waals surface area contributed by atoms with E-state index < -0.39 is 0 Å². The van der Waals surface area contributed by atoms with Gasteiger partial charge in [0.25, 0.3) is 0 Å². The number of thioether (sulfide) groups is 1. The summed E-state index contributed by atoms with van der Waals surface area (Å²) >= 11 is 2.00. The standard InChI is InChI=1S/C18H22N2S/c1-19(2)13-12-17-14-8-4-5-9-15(14)20(3)16-10-6-7-11-18(16)21-17/h4-11,17H,12-13H2,1-3H3. The van der Waals surface area contributed by atoms with Crippen LogP contribution in [0.25, 0.3) is 0 Å². The Kier molecular flexibility index (Phi) is 4.22. The molecule has 0 aliphatic carbocycles. The minimum atomic E-state index is 0.509. The molecule has 0 bridgehead atoms. The van der Waals surface area contributed by atoms with Crippen LogP contribution in [0.5, 0.6) is 0 Å². The van der Waals surface area contributed by atoms with Crippen molar-refractivity contribution in [3.63, 3.8) is 0 Å². The minimum absolute atomic E-state index is 0.509. The molecule has 2 aromatic rings. The van der Waals surface area contributed by atoms with Crippen LogP contribution in [0.4, 0.5) is 11.4 Å². The molecule has 1 atom stereocenters. The van der Waals surface area contributed by atoms with E-state index in [0.717, 1.165) is 13.0 Å². The van der Waals surface area contributed by atoms with Crippen LogP contribution in [0.15, 0.2) is 53.4 Å². The van der Waals surface area contributed by atoms with Crippen LogP contribution in [-0.4, -0.2) is 32.6 Å². The van der Waals surface area contributed by atoms with Crippen molar-refractivity contribution in [1.82, 2.24) is 4.90 Å². The molecule has 0 saturated heterocycles. The first-order chi connectivity index (χ1) is 10.2. The van der Waals surface area contributed by atoms with Crippen LogP contribution in [0, 0.1) is 0 Å². The van der Waals surface area contributed by atoms with Gasteiger partial charge in [-0.05, 0) is 50.8 Å². The fraction of sp³-hybridized carbons (Fsp3) is 0.333. The number of hydrogen-bond acceptors (Lipinski definition) is 3. The fourth-order valence-corrected chi connectivity index (χ4v) is 4.17. The van der Waals surface area contributed by atoms with Gasteiger partial charge in [-0.1, -0.05) is 30.3 Å². The summed E-state index contributed by atoms with van der Waals surface area (Å²) in [4.78, 5) is 5.97. The van der Waals surface area contributed by atoms with Gasteiger partial charge < -0.3 is 9.80 Å². The van der Waals surface area contributed by atoms with E-state index in [4.69, 9.17) is 0 Å². The second-order valence-corrected chi connectivity index (χ2v) is 7.03. The van der Waals surface area contributed by atoms with Crippen molar-refractivity contribution >= 4 is 23.1 Å². The summed E-state index contributed by atoms with van der Waals surface area (Å²) in [6.07, 6.45) is 1.16. The maximum atomic E-state index is 2.33. The summed E-state index contributed by atoms with van der Waals surface area (Å²) in [7, 11) is 6.47. The fourth-order valence-electron chi connectivity index (χ4n) is 2.84. The molecule has 2 nitrogen and oxygen atoms in total. The van der Waals surface area contributed by atoms with Crippen molar-refractivity contribution < 1.29 is 0 Å². The highest BCUT2D eigenvalue weighted by Crippen LogP contribution is 2.49. The van der Waals surface area contributed by atoms with Gasteiger partial charge in [0.15, 0.2) is 0 Å². The lowest BCUT2D eigenvalue weighted by molar-refractivity contribution is 0.399. The van der Waals surface area contributed by atoms with Gasteiger partial charge in [-0.15, -0.1) is 11.8 Å². The average molecular weight is 298 g/mol. The molecule has 110 valence electrons. The van der Waals surface area contributed by atoms with Gasteiger partial charge in [0.1, 0.15) is 0 Å². The first-order valence-electron chi connectivity index (χ1n) is 7.40. The van der Waals surface area contributed by atoms with Gasteiger partial charge in [-0.3, -0.25) is 0 Å². The Labute approximate surface area is 131 Å². The lowest BCUT2D eigenvalue weighted by atomic mass is 10.1. The normalized spacial score (nSPS) is 17.3. The van der Waals surface area contributed by atoms with E-state index in [1.54, 1.807) is 0 Å². The first kappa shape index (κ1) is 14.5. The number of para-hydroxylation sites is 2. The monoisotopic (exact) mass is 298 g/mol. The zero-order valence-electron chi connectivity index (χ0n) is 12.9. The van der Waals surface area contributed by atoms with Crippen LogP contribution >= 0.6 is 11.8 Å². The van der Waals surface area contributed by atoms with E-state index >= 15 is 0 Å². The van der Waals surface area contributed by atoms with Crippen molar-refractivity contribution in [2.45, 2.75) is 16.6 Å². The molecule has 1 heterocycles. The first-order valence-corrected chi connectivity index (χ1v) is 8.28. The summed E-state index contributed by atoms with van der Waals surface area (Å²) < 4.78 is 0. The van der Waals surface area contributed by atoms with Crippen LogP contribution < -0.4 is 4.90 Å². The molecular formula is C18H22N2S. The number of benzene rings is 2. The van der Waals surface area contributed by atoms with Crippen LogP contribution in [0.3, 0.4) is 0 Å². The van der Waals surface area contributed by atoms with Crippen molar-refractivity contribution in [3.05, 3.63) is 54.1 Å². The topological polar surface area (TPSA) is 6.48 Å². The average Bonchev–Trinajstić information content (AvgIpc) is 2.62. The van der Waals surface area contributed by atoms with Gasteiger partial charge in [0.2, 0.25) is 0 Å². The molecule has 3 rings (SSSR count). The third-order valence-corrected chi connectivity index (χ3v) is 5.35. The van der Waals surface area contributed by atoms with Crippen molar-refractivity contribution in [2.75, 3.05) is 32.6 Å². The Morgan fingerprint density at radius 3 is 2.43 bits per heavy atom. The molecule has 21 heavy (non-hydrogen) atoms. The van der Waals surface area contributed by atoms with Crippen LogP contribution in [0.1, 0.15) is 17.2 Å². The Hall–Kier alpha value is -1.45. The number of anilines is 2. The molecule has 3 heteroatoms. The minimum Gasteiger partial charge on any atom is -0.343 e. The highest BCUT2D eigenvalue weighted by atomic mass is 32.2. The summed E-state index contributed by atoms with van der Waals surface area (Å²) in [6, 6.07) is 17.5. The molecule has 0 radical (unpaired) electrons. The van der Waals surface area contributed by atoms with E-state index in [0.29, 0.717) is 5.25 Å². The van der Waals surface area contributed by atoms with Gasteiger partial charge in [-0.2, -0.15) is 0 Å². The van der Waals surface area contributed by atoms with Gasteiger partial charge >= 0.3 is 0 Å². The van der Waals surface area contributed by atoms with Gasteiger partial charge in [0.05, 0.1) is 5.69 Å². The largest absolute Gasteiger partial charge is 0.343 e. The molecule has 0 spiro atoms. The number of fused-ring (bicyclic) bond motifs is 2. The molecule has 2 aromatic carbocycles. The lowest BCUT2D eigenvalue weighted by Gasteiger charge is -2.22. The SMILES string of the molecule is CN(C)CCC1Sc2ccccc2N(C)c2ccccc21. The molecule has 1 aliphatic rings. The molecule has 0 aromatic heterocycles. The maximum Gasteiger partial charge on any atom is 0.0546 e. The molecule has 1 unspecified atom stereocenters. The second kappa shape index (κ2) is 6.12. The van der Waals surface area contributed by atoms with E-state index in [2.05, 4.69) is 79.5 Å². The van der Waals surface area contributed by atoms with Crippen LogP contribution in [-0.2, 0) is 0 Å². The smallest absolute Gasteiger partial charge is 0.0546 e. The van der Waals surface area contributed by atoms with E-state index in [1.165, 1.54) is 21.8 Å². The summed E-state index contributed by atoms with van der Waals surface area (Å²) in [5.41, 5.74) is 4.09. The Bertz CT molecular complexity index is 624. The summed E-state index contributed by atoms with van der Waals surface area (Å²) in [5.74, 6) is 0. The van der Waals surface area contributed by atoms with E-state index in [1.807, 2.05) is 11.8 Å². The zero-order valence-corrected chi connectivity index (χ0v) is 13.7. The van der Waals surface area contributed by atoms with E-state index in [-0.39, 0.29) is 0 Å². The highest BCUT2D eigenvalue weighted by molar-refractivity contribution is 7.99. The number of nitrogens with zero attached hydrogens (tertiary/aromatic N) is 2. The maximum absolute atomic E-state index is 2.33. The quantitative estimate of drug-likeness (QED) is 0.820. The molecule has 1 aliphatic heterocycles. The molecule has 0 fully saturated rings. The van der Waals surface area contributed by atoms with Crippen molar-refractivity contribution in [2.24, 2.45) is 0 Å². The molecule has 0 amide bonds. The third-order valence-electron chi connectivity index (χ3n) is 3.98. The molecule has 0 N–H and O–H groups in total. The predicted molar refractivity (Wildman–Crippen MR) is 92.7 cm³/mol. The Morgan fingerprint density at radius 1 is 1.00 bits per heavy atom. The highest BCUT2D eigenvalue weighted by Gasteiger charge is 2.25. The molecular weight excluding hydrogens is 276 g/mol. The number of hydrogen-bond donors (Lipinski definition) is 0. The van der Waals surface area contributed by atoms with Gasteiger partial charge in [-0.25, -0.2) is 0 Å². The Balaban J connectivity index is 2.04. The lowest BCUT2D eigenvalue weighted by Crippen LogP contribution is -2.15. The zero-order chi connectivity index (χ0) is 14.8. The van der Waals surface area contributed by atoms with Crippen molar-refractivity contribution in [1.29, 1.82) is 0 Å². The Morgan fingerprint density at radius 2 is 1.67 bits per heavy atom. The molecule has 0 saturated carbocycles. The van der Waals surface area contributed by atoms with Crippen molar-refractivity contribution in [3.8, 4) is 0 Å². The summed E-state index contributed by atoms with van der Waals surface area (Å²) in [5, 5.41) is 0.509.